The summed E-state index contributed by atoms with van der Waals surface area (Å²) in [6, 6.07) is 11.8. The number of hydrazine groups is 1. The summed E-state index contributed by atoms with van der Waals surface area (Å²) in [5, 5.41) is 9.19. The lowest BCUT2D eigenvalue weighted by Crippen LogP contribution is -2.41. The van der Waals surface area contributed by atoms with E-state index in [9.17, 15) is 9.59 Å². The van der Waals surface area contributed by atoms with Crippen molar-refractivity contribution in [1.82, 2.24) is 21.0 Å². The van der Waals surface area contributed by atoms with Crippen LogP contribution in [0.3, 0.4) is 0 Å². The van der Waals surface area contributed by atoms with Crippen LogP contribution >= 0.6 is 22.9 Å². The predicted octanol–water partition coefficient (Wildman–Crippen LogP) is 2.87. The zero-order valence-corrected chi connectivity index (χ0v) is 13.2. The van der Waals surface area contributed by atoms with Crippen molar-refractivity contribution in [3.63, 3.8) is 0 Å². The molecule has 1 aromatic carbocycles. The fraction of sp³-hybridized carbons (Fsp3) is 0. The first kappa shape index (κ1) is 15.3. The Morgan fingerprint density at radius 2 is 1.83 bits per heavy atom. The number of aromatic amines is 1. The molecule has 3 rings (SSSR count). The monoisotopic (exact) mass is 346 g/mol. The molecule has 2 heterocycles. The Labute approximate surface area is 140 Å². The van der Waals surface area contributed by atoms with E-state index in [2.05, 4.69) is 21.0 Å². The molecular formula is C15H11ClN4O2S. The molecular weight excluding hydrogens is 336 g/mol. The minimum absolute atomic E-state index is 0.185. The van der Waals surface area contributed by atoms with Gasteiger partial charge in [-0.1, -0.05) is 17.7 Å². The van der Waals surface area contributed by atoms with Gasteiger partial charge in [-0.05, 0) is 41.8 Å². The third-order valence-corrected chi connectivity index (χ3v) is 4.15. The highest BCUT2D eigenvalue weighted by atomic mass is 35.5. The highest BCUT2D eigenvalue weighted by Crippen LogP contribution is 2.22. The fourth-order valence-corrected chi connectivity index (χ4v) is 2.67. The van der Waals surface area contributed by atoms with Gasteiger partial charge >= 0.3 is 0 Å². The van der Waals surface area contributed by atoms with E-state index in [0.29, 0.717) is 10.6 Å². The first-order valence-electron chi connectivity index (χ1n) is 6.59. The van der Waals surface area contributed by atoms with Crippen molar-refractivity contribution in [2.24, 2.45) is 0 Å². The van der Waals surface area contributed by atoms with Gasteiger partial charge in [0.25, 0.3) is 11.8 Å². The second-order valence-corrected chi connectivity index (χ2v) is 5.94. The van der Waals surface area contributed by atoms with Gasteiger partial charge in [0, 0.05) is 10.6 Å². The second-order valence-electron chi connectivity index (χ2n) is 4.56. The molecule has 0 atom stereocenters. The Morgan fingerprint density at radius 1 is 1.09 bits per heavy atom. The highest BCUT2D eigenvalue weighted by molar-refractivity contribution is 7.13. The van der Waals surface area contributed by atoms with E-state index < -0.39 is 11.8 Å². The predicted molar refractivity (Wildman–Crippen MR) is 88.3 cm³/mol. The average Bonchev–Trinajstić information content (AvgIpc) is 3.23. The number of nitrogens with zero attached hydrogens (tertiary/aromatic N) is 1. The normalized spacial score (nSPS) is 10.3. The number of H-pyrrole nitrogens is 1. The molecule has 0 saturated heterocycles. The summed E-state index contributed by atoms with van der Waals surface area (Å²) in [7, 11) is 0. The maximum absolute atomic E-state index is 12.0. The van der Waals surface area contributed by atoms with Crippen molar-refractivity contribution in [3.05, 3.63) is 64.1 Å². The van der Waals surface area contributed by atoms with E-state index in [1.807, 2.05) is 17.5 Å². The number of carbonyl (C=O) groups excluding carboxylic acids is 2. The largest absolute Gasteiger partial charge is 0.290 e. The quantitative estimate of drug-likeness (QED) is 0.637. The standard InChI is InChI=1S/C15H11ClN4O2S/c16-10-5-3-9(4-6-10)14(21)19-20-15(22)12-8-11(17-18-12)13-2-1-7-23-13/h1-8H,(H,17,18)(H,19,21)(H,20,22). The van der Waals surface area contributed by atoms with E-state index in [-0.39, 0.29) is 5.69 Å². The topological polar surface area (TPSA) is 86.9 Å². The summed E-state index contributed by atoms with van der Waals surface area (Å²) in [6.45, 7) is 0. The van der Waals surface area contributed by atoms with E-state index in [0.717, 1.165) is 10.6 Å². The van der Waals surface area contributed by atoms with Gasteiger partial charge in [0.15, 0.2) is 5.69 Å². The molecule has 0 spiro atoms. The molecule has 0 radical (unpaired) electrons. The highest BCUT2D eigenvalue weighted by Gasteiger charge is 2.13. The van der Waals surface area contributed by atoms with Gasteiger partial charge in [0.2, 0.25) is 0 Å². The summed E-state index contributed by atoms with van der Waals surface area (Å²) in [6.07, 6.45) is 0. The Balaban J connectivity index is 1.61. The maximum atomic E-state index is 12.0. The van der Waals surface area contributed by atoms with Crippen molar-refractivity contribution in [3.8, 4) is 10.6 Å². The van der Waals surface area contributed by atoms with Crippen LogP contribution in [0, 0.1) is 0 Å². The second kappa shape index (κ2) is 6.64. The van der Waals surface area contributed by atoms with Crippen LogP contribution in [-0.2, 0) is 0 Å². The molecule has 116 valence electrons. The van der Waals surface area contributed by atoms with Crippen LogP contribution in [0.2, 0.25) is 5.02 Å². The first-order valence-corrected chi connectivity index (χ1v) is 7.85. The summed E-state index contributed by atoms with van der Waals surface area (Å²) >= 11 is 7.29. The lowest BCUT2D eigenvalue weighted by molar-refractivity contribution is 0.0844. The molecule has 0 aliphatic rings. The summed E-state index contributed by atoms with van der Waals surface area (Å²) in [5.74, 6) is -0.949. The molecule has 0 fully saturated rings. The Bertz CT molecular complexity index is 828. The molecule has 0 aliphatic heterocycles. The van der Waals surface area contributed by atoms with Crippen molar-refractivity contribution >= 4 is 34.8 Å². The zero-order valence-electron chi connectivity index (χ0n) is 11.7. The first-order chi connectivity index (χ1) is 11.1. The van der Waals surface area contributed by atoms with Crippen molar-refractivity contribution in [1.29, 1.82) is 0 Å². The van der Waals surface area contributed by atoms with E-state index in [1.165, 1.54) is 11.3 Å². The summed E-state index contributed by atoms with van der Waals surface area (Å²) in [5.41, 5.74) is 5.96. The van der Waals surface area contributed by atoms with Gasteiger partial charge in [0.05, 0.1) is 10.6 Å². The fourth-order valence-electron chi connectivity index (χ4n) is 1.85. The SMILES string of the molecule is O=C(NNC(=O)c1cc(-c2cccs2)[nH]n1)c1ccc(Cl)cc1. The van der Waals surface area contributed by atoms with Crippen LogP contribution in [-0.4, -0.2) is 22.0 Å². The Hall–Kier alpha value is -2.64. The molecule has 2 aromatic heterocycles. The third kappa shape index (κ3) is 3.58. The van der Waals surface area contributed by atoms with Crippen LogP contribution in [0.1, 0.15) is 20.8 Å². The average molecular weight is 347 g/mol. The van der Waals surface area contributed by atoms with Crippen LogP contribution in [0.15, 0.2) is 47.8 Å². The minimum Gasteiger partial charge on any atom is -0.276 e. The van der Waals surface area contributed by atoms with Crippen LogP contribution in [0.25, 0.3) is 10.6 Å². The molecule has 3 aromatic rings. The number of halogens is 1. The number of nitrogens with one attached hydrogen (secondary N) is 3. The molecule has 0 saturated carbocycles. The number of hydrogen-bond donors (Lipinski definition) is 3. The van der Waals surface area contributed by atoms with E-state index >= 15 is 0 Å². The molecule has 2 amide bonds. The summed E-state index contributed by atoms with van der Waals surface area (Å²) in [4.78, 5) is 24.9. The Morgan fingerprint density at radius 3 is 2.52 bits per heavy atom. The molecule has 0 bridgehead atoms. The van der Waals surface area contributed by atoms with E-state index in [1.54, 1.807) is 30.3 Å². The van der Waals surface area contributed by atoms with Crippen molar-refractivity contribution in [2.45, 2.75) is 0 Å². The van der Waals surface area contributed by atoms with Gasteiger partial charge in [-0.25, -0.2) is 0 Å². The van der Waals surface area contributed by atoms with Gasteiger partial charge in [-0.3, -0.25) is 25.5 Å². The lowest BCUT2D eigenvalue weighted by Gasteiger charge is -2.05. The van der Waals surface area contributed by atoms with Crippen LogP contribution in [0.5, 0.6) is 0 Å². The maximum Gasteiger partial charge on any atom is 0.290 e. The Kier molecular flexibility index (Phi) is 4.40. The van der Waals surface area contributed by atoms with Crippen LogP contribution in [0.4, 0.5) is 0 Å². The summed E-state index contributed by atoms with van der Waals surface area (Å²) < 4.78 is 0. The number of thiophene rings is 1. The third-order valence-electron chi connectivity index (χ3n) is 2.99. The van der Waals surface area contributed by atoms with Crippen LogP contribution < -0.4 is 10.9 Å². The molecule has 0 aliphatic carbocycles. The molecule has 6 nitrogen and oxygen atoms in total. The zero-order chi connectivity index (χ0) is 16.2. The number of carbonyl (C=O) groups is 2. The van der Waals surface area contributed by atoms with E-state index in [4.69, 9.17) is 11.6 Å². The minimum atomic E-state index is -0.508. The smallest absolute Gasteiger partial charge is 0.276 e. The molecule has 23 heavy (non-hydrogen) atoms. The van der Waals surface area contributed by atoms with Crippen molar-refractivity contribution in [2.75, 3.05) is 0 Å². The lowest BCUT2D eigenvalue weighted by atomic mass is 10.2. The number of hydrogen-bond acceptors (Lipinski definition) is 4. The van der Waals surface area contributed by atoms with Gasteiger partial charge in [-0.2, -0.15) is 5.10 Å². The van der Waals surface area contributed by atoms with Gasteiger partial charge in [-0.15, -0.1) is 11.3 Å². The van der Waals surface area contributed by atoms with Crippen molar-refractivity contribution < 1.29 is 9.59 Å². The molecule has 0 unspecified atom stereocenters. The number of rotatable bonds is 3. The number of amides is 2. The molecule has 8 heteroatoms. The number of aromatic nitrogens is 2. The van der Waals surface area contributed by atoms with Gasteiger partial charge in [0.1, 0.15) is 0 Å². The van der Waals surface area contributed by atoms with Gasteiger partial charge < -0.3 is 0 Å². The number of benzene rings is 1. The molecule has 3 N–H and O–H groups in total.